The van der Waals surface area contributed by atoms with E-state index in [4.69, 9.17) is 11.6 Å². The Morgan fingerprint density at radius 1 is 1.10 bits per heavy atom. The quantitative estimate of drug-likeness (QED) is 0.813. The van der Waals surface area contributed by atoms with E-state index >= 15 is 0 Å². The second kappa shape index (κ2) is 5.75. The van der Waals surface area contributed by atoms with Gasteiger partial charge in [0.1, 0.15) is 0 Å². The van der Waals surface area contributed by atoms with Crippen molar-refractivity contribution in [2.24, 2.45) is 0 Å². The van der Waals surface area contributed by atoms with Crippen LogP contribution < -0.4 is 5.32 Å². The van der Waals surface area contributed by atoms with Crippen LogP contribution in [0.2, 0.25) is 5.02 Å². The number of anilines is 1. The molecule has 0 fully saturated rings. The van der Waals surface area contributed by atoms with Crippen molar-refractivity contribution in [1.82, 2.24) is 0 Å². The summed E-state index contributed by atoms with van der Waals surface area (Å²) in [6, 6.07) is 10.9. The topological polar surface area (TPSA) is 12.0 Å². The summed E-state index contributed by atoms with van der Waals surface area (Å²) in [5.41, 5.74) is 1.39. The molecular weight excluding hydrogens is 287 g/mol. The minimum Gasteiger partial charge on any atom is -0.381 e. The summed E-state index contributed by atoms with van der Waals surface area (Å²) in [5, 5.41) is 3.59. The molecule has 0 amide bonds. The maximum absolute atomic E-state index is 12.7. The van der Waals surface area contributed by atoms with Crippen LogP contribution in [0, 0.1) is 6.92 Å². The van der Waals surface area contributed by atoms with Crippen LogP contribution in [-0.4, -0.2) is 0 Å². The van der Waals surface area contributed by atoms with E-state index in [0.29, 0.717) is 17.3 Å². The molecule has 0 spiro atoms. The standard InChI is InChI=1S/C15H13ClF3N/c1-10-6-7-12(15(17,18)19)8-14(10)20-9-11-4-2-3-5-13(11)16/h2-8,20H,9H2,1H3. The molecule has 106 valence electrons. The van der Waals surface area contributed by atoms with Crippen molar-refractivity contribution in [1.29, 1.82) is 0 Å². The lowest BCUT2D eigenvalue weighted by Crippen LogP contribution is -2.07. The molecule has 1 nitrogen and oxygen atoms in total. The van der Waals surface area contributed by atoms with E-state index in [0.717, 1.165) is 23.3 Å². The number of rotatable bonds is 3. The van der Waals surface area contributed by atoms with Gasteiger partial charge < -0.3 is 5.32 Å². The molecular formula is C15H13ClF3N. The summed E-state index contributed by atoms with van der Waals surface area (Å²) in [6.45, 7) is 2.14. The van der Waals surface area contributed by atoms with Crippen molar-refractivity contribution in [3.05, 3.63) is 64.2 Å². The maximum Gasteiger partial charge on any atom is 0.416 e. The summed E-state index contributed by atoms with van der Waals surface area (Å²) in [5.74, 6) is 0. The normalized spacial score (nSPS) is 11.4. The van der Waals surface area contributed by atoms with E-state index < -0.39 is 11.7 Å². The highest BCUT2D eigenvalue weighted by atomic mass is 35.5. The lowest BCUT2D eigenvalue weighted by Gasteiger charge is -2.14. The van der Waals surface area contributed by atoms with Crippen molar-refractivity contribution in [2.75, 3.05) is 5.32 Å². The molecule has 0 atom stereocenters. The van der Waals surface area contributed by atoms with Gasteiger partial charge in [-0.1, -0.05) is 35.9 Å². The average molecular weight is 300 g/mol. The van der Waals surface area contributed by atoms with Gasteiger partial charge in [0.25, 0.3) is 0 Å². The molecule has 0 radical (unpaired) electrons. The first kappa shape index (κ1) is 14.7. The largest absolute Gasteiger partial charge is 0.416 e. The van der Waals surface area contributed by atoms with Crippen molar-refractivity contribution in [3.8, 4) is 0 Å². The van der Waals surface area contributed by atoms with Gasteiger partial charge in [-0.3, -0.25) is 0 Å². The van der Waals surface area contributed by atoms with Gasteiger partial charge in [-0.2, -0.15) is 13.2 Å². The van der Waals surface area contributed by atoms with Gasteiger partial charge in [0, 0.05) is 17.3 Å². The first-order chi connectivity index (χ1) is 9.38. The minimum atomic E-state index is -4.34. The van der Waals surface area contributed by atoms with Crippen molar-refractivity contribution < 1.29 is 13.2 Å². The number of hydrogen-bond acceptors (Lipinski definition) is 1. The average Bonchev–Trinajstić information content (AvgIpc) is 2.38. The molecule has 20 heavy (non-hydrogen) atoms. The molecule has 5 heteroatoms. The number of alkyl halides is 3. The lowest BCUT2D eigenvalue weighted by atomic mass is 10.1. The van der Waals surface area contributed by atoms with E-state index in [1.54, 1.807) is 19.1 Å². The zero-order chi connectivity index (χ0) is 14.8. The predicted octanol–water partition coefficient (Wildman–Crippen LogP) is 5.28. The lowest BCUT2D eigenvalue weighted by molar-refractivity contribution is -0.137. The van der Waals surface area contributed by atoms with Gasteiger partial charge in [0.15, 0.2) is 0 Å². The van der Waals surface area contributed by atoms with E-state index in [1.807, 2.05) is 12.1 Å². The molecule has 0 aliphatic rings. The van der Waals surface area contributed by atoms with E-state index in [1.165, 1.54) is 6.07 Å². The predicted molar refractivity (Wildman–Crippen MR) is 75.0 cm³/mol. The Hall–Kier alpha value is -1.68. The third-order valence-corrected chi connectivity index (χ3v) is 3.36. The first-order valence-electron chi connectivity index (χ1n) is 6.03. The molecule has 0 saturated carbocycles. The Morgan fingerprint density at radius 2 is 1.80 bits per heavy atom. The highest BCUT2D eigenvalue weighted by Crippen LogP contribution is 2.32. The van der Waals surface area contributed by atoms with Crippen molar-refractivity contribution in [2.45, 2.75) is 19.6 Å². The van der Waals surface area contributed by atoms with Crippen LogP contribution in [0.25, 0.3) is 0 Å². The van der Waals surface area contributed by atoms with E-state index in [2.05, 4.69) is 5.32 Å². The fraction of sp³-hybridized carbons (Fsp3) is 0.200. The number of halogens is 4. The van der Waals surface area contributed by atoms with Crippen LogP contribution in [-0.2, 0) is 12.7 Å². The molecule has 0 aliphatic heterocycles. The van der Waals surface area contributed by atoms with Gasteiger partial charge >= 0.3 is 6.18 Å². The van der Waals surface area contributed by atoms with E-state index in [-0.39, 0.29) is 0 Å². The Kier molecular flexibility index (Phi) is 4.23. The highest BCUT2D eigenvalue weighted by molar-refractivity contribution is 6.31. The molecule has 0 saturated heterocycles. The summed E-state index contributed by atoms with van der Waals surface area (Å²) < 4.78 is 38.0. The van der Waals surface area contributed by atoms with Gasteiger partial charge in [0.05, 0.1) is 5.56 Å². The zero-order valence-corrected chi connectivity index (χ0v) is 11.5. The van der Waals surface area contributed by atoms with Gasteiger partial charge in [-0.25, -0.2) is 0 Å². The first-order valence-corrected chi connectivity index (χ1v) is 6.41. The summed E-state index contributed by atoms with van der Waals surface area (Å²) in [6.07, 6.45) is -4.34. The molecule has 0 heterocycles. The zero-order valence-electron chi connectivity index (χ0n) is 10.8. The van der Waals surface area contributed by atoms with Crippen LogP contribution in [0.4, 0.5) is 18.9 Å². The number of aryl methyl sites for hydroxylation is 1. The Bertz CT molecular complexity index is 608. The Labute approximate surface area is 120 Å². The summed E-state index contributed by atoms with van der Waals surface area (Å²) >= 11 is 6.01. The van der Waals surface area contributed by atoms with E-state index in [9.17, 15) is 13.2 Å². The molecule has 0 aliphatic carbocycles. The second-order valence-electron chi connectivity index (χ2n) is 4.47. The smallest absolute Gasteiger partial charge is 0.381 e. The summed E-state index contributed by atoms with van der Waals surface area (Å²) in [7, 11) is 0. The molecule has 2 aromatic rings. The Balaban J connectivity index is 2.19. The number of benzene rings is 2. The second-order valence-corrected chi connectivity index (χ2v) is 4.88. The fourth-order valence-corrected chi connectivity index (χ4v) is 2.02. The van der Waals surface area contributed by atoms with Gasteiger partial charge in [0.2, 0.25) is 0 Å². The molecule has 0 unspecified atom stereocenters. The number of hydrogen-bond donors (Lipinski definition) is 1. The van der Waals surface area contributed by atoms with Crippen LogP contribution in [0.1, 0.15) is 16.7 Å². The minimum absolute atomic E-state index is 0.377. The van der Waals surface area contributed by atoms with Crippen molar-refractivity contribution >= 4 is 17.3 Å². The van der Waals surface area contributed by atoms with Crippen LogP contribution >= 0.6 is 11.6 Å². The van der Waals surface area contributed by atoms with Gasteiger partial charge in [-0.15, -0.1) is 0 Å². The molecule has 1 N–H and O–H groups in total. The molecule has 2 rings (SSSR count). The van der Waals surface area contributed by atoms with Crippen LogP contribution in [0.5, 0.6) is 0 Å². The third-order valence-electron chi connectivity index (χ3n) is 2.99. The molecule has 0 bridgehead atoms. The monoisotopic (exact) mass is 299 g/mol. The van der Waals surface area contributed by atoms with Crippen molar-refractivity contribution in [3.63, 3.8) is 0 Å². The van der Waals surface area contributed by atoms with Gasteiger partial charge in [-0.05, 0) is 36.2 Å². The third kappa shape index (κ3) is 3.45. The summed E-state index contributed by atoms with van der Waals surface area (Å²) in [4.78, 5) is 0. The molecule has 2 aromatic carbocycles. The fourth-order valence-electron chi connectivity index (χ4n) is 1.82. The van der Waals surface area contributed by atoms with Crippen LogP contribution in [0.3, 0.4) is 0 Å². The molecule has 0 aromatic heterocycles. The SMILES string of the molecule is Cc1ccc(C(F)(F)F)cc1NCc1ccccc1Cl. The Morgan fingerprint density at radius 3 is 2.45 bits per heavy atom. The number of nitrogens with one attached hydrogen (secondary N) is 1. The highest BCUT2D eigenvalue weighted by Gasteiger charge is 2.30. The maximum atomic E-state index is 12.7. The van der Waals surface area contributed by atoms with Crippen LogP contribution in [0.15, 0.2) is 42.5 Å².